The second-order valence-electron chi connectivity index (χ2n) is 4.47. The fourth-order valence-electron chi connectivity index (χ4n) is 2.49. The molecule has 0 unspecified atom stereocenters. The van der Waals surface area contributed by atoms with Gasteiger partial charge in [-0.05, 0) is 12.8 Å². The van der Waals surface area contributed by atoms with E-state index in [9.17, 15) is 19.7 Å². The molecule has 2 atom stereocenters. The van der Waals surface area contributed by atoms with Crippen molar-refractivity contribution in [2.75, 3.05) is 14.2 Å². The molecule has 2 rings (SSSR count). The van der Waals surface area contributed by atoms with Crippen LogP contribution in [-0.4, -0.2) is 31.1 Å². The number of methoxy groups -OCH3 is 2. The zero-order chi connectivity index (χ0) is 14.9. The van der Waals surface area contributed by atoms with Crippen LogP contribution in [0.5, 0.6) is 0 Å². The molecule has 20 heavy (non-hydrogen) atoms. The second kappa shape index (κ2) is 5.32. The lowest BCUT2D eigenvalue weighted by Crippen LogP contribution is -2.37. The lowest BCUT2D eigenvalue weighted by molar-refractivity contribution is -0.403. The predicted octanol–water partition coefficient (Wildman–Crippen LogP) is 0.865. The van der Waals surface area contributed by atoms with E-state index in [4.69, 9.17) is 4.42 Å². The molecule has 108 valence electrons. The van der Waals surface area contributed by atoms with Gasteiger partial charge in [-0.1, -0.05) is 0 Å². The van der Waals surface area contributed by atoms with Gasteiger partial charge < -0.3 is 13.9 Å². The third-order valence-corrected chi connectivity index (χ3v) is 3.48. The molecule has 0 radical (unpaired) electrons. The Hall–Kier alpha value is -2.38. The van der Waals surface area contributed by atoms with Crippen LogP contribution in [0, 0.1) is 22.0 Å². The van der Waals surface area contributed by atoms with E-state index in [-0.39, 0.29) is 12.8 Å². The van der Waals surface area contributed by atoms with Gasteiger partial charge >= 0.3 is 17.8 Å². The van der Waals surface area contributed by atoms with Gasteiger partial charge in [0, 0.05) is 5.56 Å². The minimum atomic E-state index is -0.809. The van der Waals surface area contributed by atoms with Crippen LogP contribution in [0.15, 0.2) is 10.7 Å². The van der Waals surface area contributed by atoms with E-state index >= 15 is 0 Å². The van der Waals surface area contributed by atoms with Crippen LogP contribution in [-0.2, 0) is 31.9 Å². The molecule has 1 aromatic heterocycles. The zero-order valence-electron chi connectivity index (χ0n) is 11.0. The highest BCUT2D eigenvalue weighted by molar-refractivity contribution is 5.83. The molecule has 0 saturated carbocycles. The normalized spacial score (nSPS) is 20.9. The zero-order valence-corrected chi connectivity index (χ0v) is 11.0. The Morgan fingerprint density at radius 1 is 1.25 bits per heavy atom. The summed E-state index contributed by atoms with van der Waals surface area (Å²) in [5, 5.41) is 10.9. The van der Waals surface area contributed by atoms with Crippen molar-refractivity contribution in [3.8, 4) is 0 Å². The summed E-state index contributed by atoms with van der Waals surface area (Å²) in [6.07, 6.45) is 1.42. The van der Waals surface area contributed by atoms with Crippen molar-refractivity contribution in [2.24, 2.45) is 11.8 Å². The maximum absolute atomic E-state index is 11.8. The molecule has 1 aromatic rings. The second-order valence-corrected chi connectivity index (χ2v) is 4.47. The molecule has 8 heteroatoms. The van der Waals surface area contributed by atoms with E-state index in [1.54, 1.807) is 0 Å². The quantitative estimate of drug-likeness (QED) is 0.459. The first-order valence-electron chi connectivity index (χ1n) is 5.88. The molecular formula is C12H13NO7. The summed E-state index contributed by atoms with van der Waals surface area (Å²) < 4.78 is 14.2. The largest absolute Gasteiger partial charge is 0.469 e. The topological polar surface area (TPSA) is 109 Å². The van der Waals surface area contributed by atoms with Crippen molar-refractivity contribution in [2.45, 2.75) is 12.8 Å². The number of esters is 2. The summed E-state index contributed by atoms with van der Waals surface area (Å²) in [6, 6.07) is 0. The Labute approximate surface area is 113 Å². The highest BCUT2D eigenvalue weighted by Crippen LogP contribution is 2.37. The molecule has 0 N–H and O–H groups in total. The van der Waals surface area contributed by atoms with Crippen molar-refractivity contribution in [1.82, 2.24) is 0 Å². The third kappa shape index (κ3) is 2.24. The summed E-state index contributed by atoms with van der Waals surface area (Å²) in [6.45, 7) is 0. The summed E-state index contributed by atoms with van der Waals surface area (Å²) in [5.41, 5.74) is 0.887. The molecule has 1 aliphatic rings. The Balaban J connectivity index is 2.40. The van der Waals surface area contributed by atoms with Crippen LogP contribution in [0.4, 0.5) is 5.88 Å². The molecule has 0 saturated heterocycles. The summed E-state index contributed by atoms with van der Waals surface area (Å²) in [4.78, 5) is 33.7. The van der Waals surface area contributed by atoms with Crippen LogP contribution < -0.4 is 0 Å². The van der Waals surface area contributed by atoms with Gasteiger partial charge in [0.25, 0.3) is 0 Å². The highest BCUT2D eigenvalue weighted by Gasteiger charge is 2.43. The smallest absolute Gasteiger partial charge is 0.436 e. The van der Waals surface area contributed by atoms with Crippen LogP contribution >= 0.6 is 0 Å². The van der Waals surface area contributed by atoms with Crippen molar-refractivity contribution >= 4 is 17.8 Å². The van der Waals surface area contributed by atoms with Crippen LogP contribution in [0.2, 0.25) is 0 Å². The number of nitro groups is 1. The number of nitrogens with zero attached hydrogens (tertiary/aromatic N) is 1. The first-order valence-corrected chi connectivity index (χ1v) is 5.88. The molecule has 0 aliphatic heterocycles. The van der Waals surface area contributed by atoms with Crippen LogP contribution in [0.1, 0.15) is 11.1 Å². The monoisotopic (exact) mass is 283 g/mol. The van der Waals surface area contributed by atoms with Gasteiger partial charge in [0.2, 0.25) is 0 Å². The average molecular weight is 283 g/mol. The van der Waals surface area contributed by atoms with Gasteiger partial charge in [-0.2, -0.15) is 0 Å². The number of rotatable bonds is 3. The molecule has 0 bridgehead atoms. The number of furan rings is 1. The Morgan fingerprint density at radius 3 is 2.30 bits per heavy atom. The van der Waals surface area contributed by atoms with E-state index in [0.29, 0.717) is 11.1 Å². The SMILES string of the molecule is COC(=O)[C@@H]1Cc2coc([N+](=O)[O-])c2C[C@H]1C(=O)OC. The Kier molecular flexibility index (Phi) is 3.73. The summed E-state index contributed by atoms with van der Waals surface area (Å²) >= 11 is 0. The molecule has 0 fully saturated rings. The fourth-order valence-corrected chi connectivity index (χ4v) is 2.49. The Morgan fingerprint density at radius 2 is 1.80 bits per heavy atom. The maximum Gasteiger partial charge on any atom is 0.436 e. The van der Waals surface area contributed by atoms with Crippen molar-refractivity contribution in [3.05, 3.63) is 27.5 Å². The predicted molar refractivity (Wildman–Crippen MR) is 63.8 cm³/mol. The van der Waals surface area contributed by atoms with Crippen LogP contribution in [0.3, 0.4) is 0 Å². The Bertz CT molecular complexity index is 562. The van der Waals surface area contributed by atoms with Gasteiger partial charge in [0.15, 0.2) is 0 Å². The average Bonchev–Trinajstić information content (AvgIpc) is 2.87. The van der Waals surface area contributed by atoms with Gasteiger partial charge in [-0.15, -0.1) is 0 Å². The van der Waals surface area contributed by atoms with Gasteiger partial charge in [-0.25, -0.2) is 0 Å². The molecule has 0 amide bonds. The van der Waals surface area contributed by atoms with E-state index in [0.717, 1.165) is 0 Å². The molecule has 0 spiro atoms. The third-order valence-electron chi connectivity index (χ3n) is 3.48. The fraction of sp³-hybridized carbons (Fsp3) is 0.500. The lowest BCUT2D eigenvalue weighted by atomic mass is 9.77. The number of fused-ring (bicyclic) bond motifs is 1. The number of hydrogen-bond donors (Lipinski definition) is 0. The van der Waals surface area contributed by atoms with Gasteiger partial charge in [0.1, 0.15) is 11.2 Å². The van der Waals surface area contributed by atoms with Crippen molar-refractivity contribution in [3.63, 3.8) is 0 Å². The maximum atomic E-state index is 11.8. The molecular weight excluding hydrogens is 270 g/mol. The molecule has 1 heterocycles. The number of carbonyl (C=O) groups is 2. The number of hydrogen-bond acceptors (Lipinski definition) is 7. The first kappa shape index (κ1) is 14.0. The first-order chi connectivity index (χ1) is 9.49. The van der Waals surface area contributed by atoms with Gasteiger partial charge in [0.05, 0.1) is 31.6 Å². The molecule has 1 aliphatic carbocycles. The van der Waals surface area contributed by atoms with Gasteiger partial charge in [-0.3, -0.25) is 19.7 Å². The minimum Gasteiger partial charge on any atom is -0.469 e. The molecule has 0 aromatic carbocycles. The van der Waals surface area contributed by atoms with E-state index in [2.05, 4.69) is 9.47 Å². The molecule has 8 nitrogen and oxygen atoms in total. The lowest BCUT2D eigenvalue weighted by Gasteiger charge is -2.26. The standard InChI is InChI=1S/C12H13NO7/c1-18-11(14)8-3-6-5-20-10(13(16)17)7(6)4-9(8)12(15)19-2/h5,8-9H,3-4H2,1-2H3/t8-,9-/m1/s1. The van der Waals surface area contributed by atoms with Crippen molar-refractivity contribution in [1.29, 1.82) is 0 Å². The van der Waals surface area contributed by atoms with E-state index in [1.165, 1.54) is 20.5 Å². The van der Waals surface area contributed by atoms with Crippen molar-refractivity contribution < 1.29 is 28.4 Å². The number of ether oxygens (including phenoxy) is 2. The minimum absolute atomic E-state index is 0.0224. The summed E-state index contributed by atoms with van der Waals surface area (Å²) in [5.74, 6) is -3.07. The van der Waals surface area contributed by atoms with E-state index < -0.39 is 34.6 Å². The highest BCUT2D eigenvalue weighted by atomic mass is 16.6. The number of carbonyl (C=O) groups excluding carboxylic acids is 2. The summed E-state index contributed by atoms with van der Waals surface area (Å²) in [7, 11) is 2.43. The van der Waals surface area contributed by atoms with E-state index in [1.807, 2.05) is 0 Å². The van der Waals surface area contributed by atoms with Crippen LogP contribution in [0.25, 0.3) is 0 Å².